The van der Waals surface area contributed by atoms with E-state index in [9.17, 15) is 4.79 Å². The van der Waals surface area contributed by atoms with Gasteiger partial charge in [0.05, 0.1) is 0 Å². The number of phenolic OH excluding ortho intramolecular Hbond substituents is 1. The van der Waals surface area contributed by atoms with Crippen LogP contribution in [0.25, 0.3) is 6.08 Å². The summed E-state index contributed by atoms with van der Waals surface area (Å²) in [4.78, 5) is 11.6. The van der Waals surface area contributed by atoms with Gasteiger partial charge in [-0.15, -0.1) is 0 Å². The molecule has 0 aliphatic carbocycles. The lowest BCUT2D eigenvalue weighted by Gasteiger charge is -2.02. The van der Waals surface area contributed by atoms with Crippen molar-refractivity contribution in [3.63, 3.8) is 0 Å². The van der Waals surface area contributed by atoms with E-state index in [1.54, 1.807) is 30.3 Å². The van der Waals surface area contributed by atoms with Crippen LogP contribution in [0.5, 0.6) is 5.75 Å². The Balaban J connectivity index is 1.69. The molecule has 0 unspecified atom stereocenters. The molecule has 0 atom stereocenters. The minimum atomic E-state index is -0.101. The Morgan fingerprint density at radius 3 is 2.48 bits per heavy atom. The third-order valence-electron chi connectivity index (χ3n) is 3.10. The Hall–Kier alpha value is -2.55. The highest BCUT2D eigenvalue weighted by Crippen LogP contribution is 2.10. The first-order chi connectivity index (χ1) is 10.2. The molecule has 0 saturated carbocycles. The highest BCUT2D eigenvalue weighted by molar-refractivity contribution is 5.91. The second-order valence-electron chi connectivity index (χ2n) is 4.81. The fourth-order valence-corrected chi connectivity index (χ4v) is 1.97. The first kappa shape index (κ1) is 14.9. The summed E-state index contributed by atoms with van der Waals surface area (Å²) < 4.78 is 0. The van der Waals surface area contributed by atoms with E-state index in [2.05, 4.69) is 17.4 Å². The summed E-state index contributed by atoms with van der Waals surface area (Å²) in [6.45, 7) is 0.660. The van der Waals surface area contributed by atoms with Gasteiger partial charge < -0.3 is 10.4 Å². The van der Waals surface area contributed by atoms with Gasteiger partial charge >= 0.3 is 0 Å². The van der Waals surface area contributed by atoms with E-state index in [-0.39, 0.29) is 11.7 Å². The van der Waals surface area contributed by atoms with E-state index < -0.39 is 0 Å². The first-order valence-corrected chi connectivity index (χ1v) is 7.03. The molecule has 0 fully saturated rings. The van der Waals surface area contributed by atoms with Gasteiger partial charge in [-0.1, -0.05) is 42.5 Å². The van der Waals surface area contributed by atoms with E-state index in [4.69, 9.17) is 5.11 Å². The maximum absolute atomic E-state index is 11.6. The number of carbonyl (C=O) groups is 1. The summed E-state index contributed by atoms with van der Waals surface area (Å²) >= 11 is 0. The van der Waals surface area contributed by atoms with Crippen LogP contribution in [0.2, 0.25) is 0 Å². The molecule has 3 heteroatoms. The molecule has 2 aromatic carbocycles. The lowest BCUT2D eigenvalue weighted by atomic mass is 10.1. The van der Waals surface area contributed by atoms with Crippen LogP contribution in [-0.4, -0.2) is 17.6 Å². The normalized spacial score (nSPS) is 10.7. The summed E-state index contributed by atoms with van der Waals surface area (Å²) in [5, 5.41) is 12.0. The second-order valence-corrected chi connectivity index (χ2v) is 4.81. The lowest BCUT2D eigenvalue weighted by Crippen LogP contribution is -2.22. The highest BCUT2D eigenvalue weighted by Gasteiger charge is 1.96. The van der Waals surface area contributed by atoms with E-state index >= 15 is 0 Å². The topological polar surface area (TPSA) is 49.3 Å². The number of hydrogen-bond donors (Lipinski definition) is 2. The summed E-state index contributed by atoms with van der Waals surface area (Å²) in [5.41, 5.74) is 2.17. The van der Waals surface area contributed by atoms with E-state index in [0.29, 0.717) is 6.54 Å². The van der Waals surface area contributed by atoms with Gasteiger partial charge in [-0.2, -0.15) is 0 Å². The van der Waals surface area contributed by atoms with Crippen LogP contribution >= 0.6 is 0 Å². The predicted molar refractivity (Wildman–Crippen MR) is 84.9 cm³/mol. The van der Waals surface area contributed by atoms with Crippen molar-refractivity contribution in [2.75, 3.05) is 6.54 Å². The number of rotatable bonds is 6. The third kappa shape index (κ3) is 5.53. The van der Waals surface area contributed by atoms with E-state index in [0.717, 1.165) is 18.4 Å². The molecule has 0 radical (unpaired) electrons. The Morgan fingerprint density at radius 2 is 1.76 bits per heavy atom. The Kier molecular flexibility index (Phi) is 5.59. The Bertz CT molecular complexity index is 588. The molecule has 0 saturated heterocycles. The molecule has 108 valence electrons. The largest absolute Gasteiger partial charge is 0.508 e. The molecule has 3 nitrogen and oxygen atoms in total. The standard InChI is InChI=1S/C18H19NO2/c20-17-11-8-16(9-12-17)10-13-18(21)19-14-4-7-15-5-2-1-3-6-15/h1-3,5-6,8-13,20H,4,7,14H2,(H,19,21). The minimum Gasteiger partial charge on any atom is -0.508 e. The number of aryl methyl sites for hydroxylation is 1. The number of benzene rings is 2. The zero-order chi connectivity index (χ0) is 14.9. The van der Waals surface area contributed by atoms with Crippen molar-refractivity contribution >= 4 is 12.0 Å². The number of carbonyl (C=O) groups excluding carboxylic acids is 1. The number of nitrogens with one attached hydrogen (secondary N) is 1. The summed E-state index contributed by atoms with van der Waals surface area (Å²) in [6, 6.07) is 16.9. The zero-order valence-electron chi connectivity index (χ0n) is 11.8. The van der Waals surface area contributed by atoms with Gasteiger partial charge in [0.1, 0.15) is 5.75 Å². The molecule has 2 N–H and O–H groups in total. The van der Waals surface area contributed by atoms with Crippen molar-refractivity contribution in [2.45, 2.75) is 12.8 Å². The third-order valence-corrected chi connectivity index (χ3v) is 3.10. The first-order valence-electron chi connectivity index (χ1n) is 7.03. The van der Waals surface area contributed by atoms with Crippen molar-refractivity contribution in [3.05, 3.63) is 71.8 Å². The fraction of sp³-hybridized carbons (Fsp3) is 0.167. The molecular formula is C18H19NO2. The highest BCUT2D eigenvalue weighted by atomic mass is 16.3. The van der Waals surface area contributed by atoms with Gasteiger partial charge in [-0.05, 0) is 42.2 Å². The second kappa shape index (κ2) is 7.90. The quantitative estimate of drug-likeness (QED) is 0.631. The van der Waals surface area contributed by atoms with Gasteiger partial charge in [0, 0.05) is 12.6 Å². The average Bonchev–Trinajstić information content (AvgIpc) is 2.52. The maximum atomic E-state index is 11.6. The van der Waals surface area contributed by atoms with Gasteiger partial charge in [0.25, 0.3) is 0 Å². The number of aromatic hydroxyl groups is 1. The van der Waals surface area contributed by atoms with Crippen LogP contribution in [0.1, 0.15) is 17.5 Å². The molecule has 0 aliphatic heterocycles. The monoisotopic (exact) mass is 281 g/mol. The van der Waals surface area contributed by atoms with Crippen LogP contribution in [0, 0.1) is 0 Å². The molecule has 0 aromatic heterocycles. The minimum absolute atomic E-state index is 0.101. The SMILES string of the molecule is O=C(C=Cc1ccc(O)cc1)NCCCc1ccccc1. The molecule has 0 heterocycles. The van der Waals surface area contributed by atoms with Crippen molar-refractivity contribution in [1.29, 1.82) is 0 Å². The maximum Gasteiger partial charge on any atom is 0.243 e. The van der Waals surface area contributed by atoms with Crippen molar-refractivity contribution in [3.8, 4) is 5.75 Å². The average molecular weight is 281 g/mol. The molecule has 2 rings (SSSR count). The van der Waals surface area contributed by atoms with Crippen molar-refractivity contribution in [2.24, 2.45) is 0 Å². The summed E-state index contributed by atoms with van der Waals surface area (Å²) in [6.07, 6.45) is 5.12. The molecule has 2 aromatic rings. The van der Waals surface area contributed by atoms with Crippen molar-refractivity contribution in [1.82, 2.24) is 5.32 Å². The smallest absolute Gasteiger partial charge is 0.243 e. The number of hydrogen-bond acceptors (Lipinski definition) is 2. The van der Waals surface area contributed by atoms with Gasteiger partial charge in [0.15, 0.2) is 0 Å². The molecule has 0 bridgehead atoms. The number of amides is 1. The molecule has 0 aliphatic rings. The van der Waals surface area contributed by atoms with Gasteiger partial charge in [-0.3, -0.25) is 4.79 Å². The van der Waals surface area contributed by atoms with Gasteiger partial charge in [0.2, 0.25) is 5.91 Å². The Morgan fingerprint density at radius 1 is 1.05 bits per heavy atom. The van der Waals surface area contributed by atoms with Crippen LogP contribution in [-0.2, 0) is 11.2 Å². The molecular weight excluding hydrogens is 262 g/mol. The molecule has 1 amide bonds. The zero-order valence-corrected chi connectivity index (χ0v) is 11.8. The van der Waals surface area contributed by atoms with E-state index in [1.807, 2.05) is 18.2 Å². The summed E-state index contributed by atoms with van der Waals surface area (Å²) in [5.74, 6) is 0.119. The van der Waals surface area contributed by atoms with Crippen LogP contribution in [0.4, 0.5) is 0 Å². The van der Waals surface area contributed by atoms with Crippen LogP contribution in [0.15, 0.2) is 60.7 Å². The molecule has 21 heavy (non-hydrogen) atoms. The van der Waals surface area contributed by atoms with E-state index in [1.165, 1.54) is 11.6 Å². The van der Waals surface area contributed by atoms with Crippen molar-refractivity contribution < 1.29 is 9.90 Å². The Labute approximate surface area is 124 Å². The van der Waals surface area contributed by atoms with Crippen LogP contribution < -0.4 is 5.32 Å². The van der Waals surface area contributed by atoms with Crippen LogP contribution in [0.3, 0.4) is 0 Å². The fourth-order valence-electron chi connectivity index (χ4n) is 1.97. The summed E-state index contributed by atoms with van der Waals surface area (Å²) in [7, 11) is 0. The van der Waals surface area contributed by atoms with Gasteiger partial charge in [-0.25, -0.2) is 0 Å². The lowest BCUT2D eigenvalue weighted by molar-refractivity contribution is -0.116. The number of phenols is 1. The molecule has 0 spiro atoms. The predicted octanol–water partition coefficient (Wildman–Crippen LogP) is 3.15.